The number of carbonyl (C=O) groups is 2. The van der Waals surface area contributed by atoms with E-state index in [-0.39, 0.29) is 11.5 Å². The van der Waals surface area contributed by atoms with Crippen LogP contribution >= 0.6 is 0 Å². The first-order valence-electron chi connectivity index (χ1n) is 6.49. The summed E-state index contributed by atoms with van der Waals surface area (Å²) in [6.45, 7) is 0. The highest BCUT2D eigenvalue weighted by Crippen LogP contribution is 2.41. The molecule has 2 aromatic carbocycles. The molecule has 0 spiro atoms. The quantitative estimate of drug-likeness (QED) is 0.731. The average Bonchev–Trinajstić information content (AvgIpc) is 2.75. The van der Waals surface area contributed by atoms with E-state index < -0.39 is 23.7 Å². The molecule has 5 nitrogen and oxygen atoms in total. The topological polar surface area (TPSA) is 86.6 Å². The second kappa shape index (κ2) is 4.94. The fourth-order valence-corrected chi connectivity index (χ4v) is 2.68. The molecule has 0 unspecified atom stereocenters. The van der Waals surface area contributed by atoms with Crippen molar-refractivity contribution in [2.45, 2.75) is 11.8 Å². The van der Waals surface area contributed by atoms with E-state index in [1.54, 1.807) is 30.3 Å². The molecule has 0 radical (unpaired) electrons. The molecule has 2 amide bonds. The molecule has 1 fully saturated rings. The minimum atomic E-state index is -0.775. The van der Waals surface area contributed by atoms with Crippen LogP contribution in [-0.2, 0) is 9.59 Å². The van der Waals surface area contributed by atoms with Gasteiger partial charge in [0.15, 0.2) is 0 Å². The Kier molecular flexibility index (Phi) is 3.10. The predicted molar refractivity (Wildman–Crippen MR) is 74.8 cm³/mol. The van der Waals surface area contributed by atoms with E-state index in [0.29, 0.717) is 11.1 Å². The molecule has 21 heavy (non-hydrogen) atoms. The second-order valence-electron chi connectivity index (χ2n) is 4.96. The van der Waals surface area contributed by atoms with Crippen LogP contribution in [0.2, 0.25) is 0 Å². The normalized spacial score (nSPS) is 21.3. The number of rotatable bonds is 2. The van der Waals surface area contributed by atoms with Gasteiger partial charge in [0.25, 0.3) is 0 Å². The van der Waals surface area contributed by atoms with Gasteiger partial charge in [-0.1, -0.05) is 30.3 Å². The number of hydrogen-bond acceptors (Lipinski definition) is 4. The monoisotopic (exact) mass is 283 g/mol. The molecule has 1 aliphatic rings. The van der Waals surface area contributed by atoms with Gasteiger partial charge in [0.05, 0.1) is 11.8 Å². The van der Waals surface area contributed by atoms with Gasteiger partial charge in [-0.15, -0.1) is 0 Å². The molecule has 2 atom stereocenters. The number of hydrogen-bond donors (Lipinski definition) is 3. The Hall–Kier alpha value is -2.82. The van der Waals surface area contributed by atoms with Crippen LogP contribution in [0.4, 0.5) is 0 Å². The summed E-state index contributed by atoms with van der Waals surface area (Å²) in [6, 6.07) is 12.6. The Morgan fingerprint density at radius 2 is 1.43 bits per heavy atom. The van der Waals surface area contributed by atoms with E-state index in [4.69, 9.17) is 0 Å². The third-order valence-corrected chi connectivity index (χ3v) is 3.67. The SMILES string of the molecule is O=C1NC(=O)[C@@H](c2ccccc2O)[C@H]1c1ccc(O)cc1. The number of phenolic OH excluding ortho intramolecular Hbond substituents is 2. The maximum absolute atomic E-state index is 12.1. The maximum atomic E-state index is 12.1. The highest BCUT2D eigenvalue weighted by molar-refractivity contribution is 6.10. The summed E-state index contributed by atoms with van der Waals surface area (Å²) in [4.78, 5) is 24.2. The van der Waals surface area contributed by atoms with Gasteiger partial charge in [0.2, 0.25) is 11.8 Å². The zero-order valence-electron chi connectivity index (χ0n) is 11.0. The van der Waals surface area contributed by atoms with E-state index in [0.717, 1.165) is 0 Å². The van der Waals surface area contributed by atoms with Gasteiger partial charge in [-0.3, -0.25) is 14.9 Å². The minimum Gasteiger partial charge on any atom is -0.508 e. The van der Waals surface area contributed by atoms with Gasteiger partial charge in [-0.2, -0.15) is 0 Å². The van der Waals surface area contributed by atoms with Crippen LogP contribution in [-0.4, -0.2) is 22.0 Å². The zero-order valence-corrected chi connectivity index (χ0v) is 11.0. The van der Waals surface area contributed by atoms with E-state index >= 15 is 0 Å². The summed E-state index contributed by atoms with van der Waals surface area (Å²) in [5, 5.41) is 21.6. The van der Waals surface area contributed by atoms with Crippen LogP contribution in [0.3, 0.4) is 0 Å². The molecule has 3 rings (SSSR count). The van der Waals surface area contributed by atoms with Crippen LogP contribution in [0.25, 0.3) is 0 Å². The van der Waals surface area contributed by atoms with E-state index in [1.807, 2.05) is 0 Å². The first-order valence-corrected chi connectivity index (χ1v) is 6.49. The van der Waals surface area contributed by atoms with Crippen LogP contribution < -0.4 is 5.32 Å². The molecule has 1 heterocycles. The van der Waals surface area contributed by atoms with Crippen LogP contribution in [0.5, 0.6) is 11.5 Å². The van der Waals surface area contributed by atoms with E-state index in [1.165, 1.54) is 18.2 Å². The fraction of sp³-hybridized carbons (Fsp3) is 0.125. The Morgan fingerprint density at radius 1 is 0.810 bits per heavy atom. The van der Waals surface area contributed by atoms with Crippen molar-refractivity contribution in [3.05, 3.63) is 59.7 Å². The Balaban J connectivity index is 2.08. The zero-order chi connectivity index (χ0) is 15.0. The van der Waals surface area contributed by atoms with Crippen molar-refractivity contribution in [3.63, 3.8) is 0 Å². The summed E-state index contributed by atoms with van der Waals surface area (Å²) >= 11 is 0. The first-order chi connectivity index (χ1) is 10.1. The molecule has 0 aromatic heterocycles. The van der Waals surface area contributed by atoms with Gasteiger partial charge in [0, 0.05) is 5.56 Å². The molecule has 1 saturated heterocycles. The molecule has 0 aliphatic carbocycles. The molecule has 0 saturated carbocycles. The molecular formula is C16H13NO4. The number of aromatic hydroxyl groups is 2. The summed E-state index contributed by atoms with van der Waals surface area (Å²) in [6.07, 6.45) is 0. The lowest BCUT2D eigenvalue weighted by Crippen LogP contribution is -2.21. The Bertz CT molecular complexity index is 708. The van der Waals surface area contributed by atoms with Crippen molar-refractivity contribution >= 4 is 11.8 Å². The lowest BCUT2D eigenvalue weighted by Gasteiger charge is -2.17. The maximum Gasteiger partial charge on any atom is 0.235 e. The van der Waals surface area contributed by atoms with Crippen molar-refractivity contribution in [1.29, 1.82) is 0 Å². The number of nitrogens with one attached hydrogen (secondary N) is 1. The van der Waals surface area contributed by atoms with Crippen molar-refractivity contribution in [2.24, 2.45) is 0 Å². The van der Waals surface area contributed by atoms with Crippen molar-refractivity contribution in [3.8, 4) is 11.5 Å². The number of para-hydroxylation sites is 1. The molecule has 3 N–H and O–H groups in total. The molecule has 5 heteroatoms. The van der Waals surface area contributed by atoms with Crippen molar-refractivity contribution in [1.82, 2.24) is 5.32 Å². The molecule has 0 bridgehead atoms. The van der Waals surface area contributed by atoms with Crippen LogP contribution in [0.1, 0.15) is 23.0 Å². The van der Waals surface area contributed by atoms with Crippen LogP contribution in [0, 0.1) is 0 Å². The smallest absolute Gasteiger partial charge is 0.235 e. The average molecular weight is 283 g/mol. The summed E-state index contributed by atoms with van der Waals surface area (Å²) in [7, 11) is 0. The van der Waals surface area contributed by atoms with E-state index in [2.05, 4.69) is 5.32 Å². The minimum absolute atomic E-state index is 0.0175. The number of benzene rings is 2. The lowest BCUT2D eigenvalue weighted by molar-refractivity contribution is -0.125. The highest BCUT2D eigenvalue weighted by atomic mass is 16.3. The first kappa shape index (κ1) is 13.2. The standard InChI is InChI=1S/C16H13NO4/c18-10-7-5-9(6-8-10)13-14(16(21)17-15(13)20)11-3-1-2-4-12(11)19/h1-8,13-14,18-19H,(H,17,20,21)/t13-,14+/m1/s1. The number of carbonyl (C=O) groups excluding carboxylic acids is 2. The van der Waals surface area contributed by atoms with Gasteiger partial charge >= 0.3 is 0 Å². The van der Waals surface area contributed by atoms with E-state index in [9.17, 15) is 19.8 Å². The number of imide groups is 1. The second-order valence-corrected chi connectivity index (χ2v) is 4.96. The molecule has 1 aliphatic heterocycles. The summed E-state index contributed by atoms with van der Waals surface area (Å²) in [5.41, 5.74) is 1.03. The highest BCUT2D eigenvalue weighted by Gasteiger charge is 2.44. The summed E-state index contributed by atoms with van der Waals surface area (Å²) in [5.74, 6) is -2.26. The van der Waals surface area contributed by atoms with Gasteiger partial charge in [0.1, 0.15) is 11.5 Å². The fourth-order valence-electron chi connectivity index (χ4n) is 2.68. The van der Waals surface area contributed by atoms with Crippen molar-refractivity contribution < 1.29 is 19.8 Å². The Morgan fingerprint density at radius 3 is 2.10 bits per heavy atom. The largest absolute Gasteiger partial charge is 0.508 e. The number of phenols is 2. The number of amides is 2. The third-order valence-electron chi connectivity index (χ3n) is 3.67. The van der Waals surface area contributed by atoms with Gasteiger partial charge in [-0.05, 0) is 23.8 Å². The van der Waals surface area contributed by atoms with Crippen molar-refractivity contribution in [2.75, 3.05) is 0 Å². The summed E-state index contributed by atoms with van der Waals surface area (Å²) < 4.78 is 0. The van der Waals surface area contributed by atoms with Gasteiger partial charge in [-0.25, -0.2) is 0 Å². The Labute approximate surface area is 120 Å². The lowest BCUT2D eigenvalue weighted by atomic mass is 9.83. The van der Waals surface area contributed by atoms with Gasteiger partial charge < -0.3 is 10.2 Å². The molecule has 106 valence electrons. The van der Waals surface area contributed by atoms with Crippen LogP contribution in [0.15, 0.2) is 48.5 Å². The molecular weight excluding hydrogens is 270 g/mol. The molecule has 2 aromatic rings. The predicted octanol–water partition coefficient (Wildman–Crippen LogP) is 1.62. The third kappa shape index (κ3) is 2.23.